The number of aliphatic hydroxyl groups is 1. The van der Waals surface area contributed by atoms with E-state index < -0.39 is 0 Å². The van der Waals surface area contributed by atoms with E-state index in [4.69, 9.17) is 9.47 Å². The maximum atomic E-state index is 9.38. The predicted molar refractivity (Wildman–Crippen MR) is 125 cm³/mol. The van der Waals surface area contributed by atoms with Gasteiger partial charge < -0.3 is 25.2 Å². The van der Waals surface area contributed by atoms with E-state index in [1.54, 1.807) is 0 Å². The van der Waals surface area contributed by atoms with Gasteiger partial charge in [-0.1, -0.05) is 6.07 Å². The molecule has 1 saturated heterocycles. The number of aromatic nitrogens is 1. The van der Waals surface area contributed by atoms with E-state index >= 15 is 0 Å². The second-order valence-electron chi connectivity index (χ2n) is 7.85. The average molecular weight is 518 g/mol. The van der Waals surface area contributed by atoms with E-state index in [0.29, 0.717) is 25.1 Å². The van der Waals surface area contributed by atoms with Gasteiger partial charge in [0, 0.05) is 44.0 Å². The molecule has 1 aliphatic heterocycles. The van der Waals surface area contributed by atoms with Gasteiger partial charge in [-0.3, -0.25) is 0 Å². The molecule has 1 saturated carbocycles. The molecule has 0 radical (unpaired) electrons. The number of nitrogens with one attached hydrogen (secondary N) is 2. The molecule has 1 aromatic heterocycles. The summed E-state index contributed by atoms with van der Waals surface area (Å²) in [5, 5.41) is 16.1. The lowest BCUT2D eigenvalue weighted by Gasteiger charge is -2.27. The van der Waals surface area contributed by atoms with Gasteiger partial charge in [-0.15, -0.1) is 24.0 Å². The number of guanidine groups is 1. The summed E-state index contributed by atoms with van der Waals surface area (Å²) < 4.78 is 11.5. The fourth-order valence-electron chi connectivity index (χ4n) is 3.85. The van der Waals surface area contributed by atoms with Crippen LogP contribution < -0.4 is 15.4 Å². The van der Waals surface area contributed by atoms with Crippen LogP contribution in [0.3, 0.4) is 0 Å². The van der Waals surface area contributed by atoms with Gasteiger partial charge in [0.15, 0.2) is 5.96 Å². The van der Waals surface area contributed by atoms with Crippen molar-refractivity contribution >= 4 is 29.9 Å². The maximum absolute atomic E-state index is 9.38. The fourth-order valence-corrected chi connectivity index (χ4v) is 3.85. The summed E-state index contributed by atoms with van der Waals surface area (Å²) >= 11 is 0. The molecule has 2 fully saturated rings. The largest absolute Gasteiger partial charge is 0.474 e. The van der Waals surface area contributed by atoms with Crippen molar-refractivity contribution < 1.29 is 14.6 Å². The lowest BCUT2D eigenvalue weighted by molar-refractivity contribution is 0.127. The van der Waals surface area contributed by atoms with Gasteiger partial charge >= 0.3 is 0 Å². The third kappa shape index (κ3) is 7.57. The van der Waals surface area contributed by atoms with E-state index in [0.717, 1.165) is 56.9 Å². The Morgan fingerprint density at radius 2 is 2.17 bits per heavy atom. The molecule has 164 valence electrons. The lowest BCUT2D eigenvalue weighted by atomic mass is 9.84. The molecule has 0 spiro atoms. The molecule has 7 nitrogen and oxygen atoms in total. The summed E-state index contributed by atoms with van der Waals surface area (Å²) in [6.45, 7) is 5.77. The van der Waals surface area contributed by atoms with Gasteiger partial charge in [-0.2, -0.15) is 0 Å². The van der Waals surface area contributed by atoms with Crippen LogP contribution in [0.2, 0.25) is 0 Å². The first kappa shape index (κ1) is 24.1. The number of nitrogens with zero attached hydrogens (tertiary/aromatic N) is 2. The molecule has 3 rings (SSSR count). The first-order valence-corrected chi connectivity index (χ1v) is 10.6. The summed E-state index contributed by atoms with van der Waals surface area (Å²) in [4.78, 5) is 9.11. The second-order valence-corrected chi connectivity index (χ2v) is 7.85. The smallest absolute Gasteiger partial charge is 0.213 e. The Balaban J connectivity index is 0.00000300. The summed E-state index contributed by atoms with van der Waals surface area (Å²) in [6.07, 6.45) is 8.65. The number of aliphatic hydroxyl groups excluding tert-OH is 1. The normalized spacial score (nSPS) is 22.3. The van der Waals surface area contributed by atoms with Gasteiger partial charge in [0.2, 0.25) is 5.88 Å². The lowest BCUT2D eigenvalue weighted by Crippen LogP contribution is -2.44. The second kappa shape index (κ2) is 12.5. The zero-order valence-corrected chi connectivity index (χ0v) is 19.7. The van der Waals surface area contributed by atoms with Crippen molar-refractivity contribution in [3.8, 4) is 5.88 Å². The number of ether oxygens (including phenoxy) is 2. The number of rotatable bonds is 9. The first-order chi connectivity index (χ1) is 13.7. The number of pyridine rings is 1. The highest BCUT2D eigenvalue weighted by Crippen LogP contribution is 2.31. The average Bonchev–Trinajstić information content (AvgIpc) is 3.38. The summed E-state index contributed by atoms with van der Waals surface area (Å²) in [7, 11) is 0. The Labute approximate surface area is 191 Å². The van der Waals surface area contributed by atoms with Crippen molar-refractivity contribution in [2.45, 2.75) is 58.1 Å². The van der Waals surface area contributed by atoms with Gasteiger partial charge in [-0.05, 0) is 51.0 Å². The van der Waals surface area contributed by atoms with Crippen molar-refractivity contribution in [1.82, 2.24) is 15.6 Å². The molecule has 2 aliphatic rings. The van der Waals surface area contributed by atoms with Crippen LogP contribution in [-0.4, -0.2) is 55.1 Å². The van der Waals surface area contributed by atoms with Gasteiger partial charge in [-0.25, -0.2) is 9.98 Å². The third-order valence-electron chi connectivity index (χ3n) is 5.61. The Kier molecular flexibility index (Phi) is 10.4. The monoisotopic (exact) mass is 518 g/mol. The van der Waals surface area contributed by atoms with E-state index in [1.165, 1.54) is 12.8 Å². The molecule has 1 aromatic rings. The quantitative estimate of drug-likeness (QED) is 0.265. The van der Waals surface area contributed by atoms with Crippen molar-refractivity contribution in [1.29, 1.82) is 0 Å². The van der Waals surface area contributed by atoms with Crippen LogP contribution in [-0.2, 0) is 11.3 Å². The molecule has 1 atom stereocenters. The Morgan fingerprint density at radius 1 is 1.34 bits per heavy atom. The SMILES string of the molecule is CCNC(=NCc1ccc(OC2CCCC2)nc1)NCC1(CCO)CCOC1.I. The van der Waals surface area contributed by atoms with Crippen molar-refractivity contribution in [3.05, 3.63) is 23.9 Å². The maximum Gasteiger partial charge on any atom is 0.213 e. The number of halogens is 1. The van der Waals surface area contributed by atoms with Gasteiger partial charge in [0.25, 0.3) is 0 Å². The zero-order valence-electron chi connectivity index (χ0n) is 17.4. The van der Waals surface area contributed by atoms with Crippen molar-refractivity contribution in [2.75, 3.05) is 32.9 Å². The van der Waals surface area contributed by atoms with E-state index in [2.05, 4.69) is 27.5 Å². The molecule has 29 heavy (non-hydrogen) atoms. The van der Waals surface area contributed by atoms with Gasteiger partial charge in [0.1, 0.15) is 6.10 Å². The zero-order chi connectivity index (χ0) is 19.7. The van der Waals surface area contributed by atoms with Crippen LogP contribution in [0, 0.1) is 5.41 Å². The molecule has 0 amide bonds. The van der Waals surface area contributed by atoms with E-state index in [1.807, 2.05) is 18.3 Å². The molecule has 8 heteroatoms. The van der Waals surface area contributed by atoms with E-state index in [-0.39, 0.29) is 36.0 Å². The molecule has 0 bridgehead atoms. The summed E-state index contributed by atoms with van der Waals surface area (Å²) in [5.41, 5.74) is 1.04. The molecule has 2 heterocycles. The minimum absolute atomic E-state index is 0. The third-order valence-corrected chi connectivity index (χ3v) is 5.61. The molecule has 3 N–H and O–H groups in total. The Bertz CT molecular complexity index is 615. The summed E-state index contributed by atoms with van der Waals surface area (Å²) in [6, 6.07) is 3.97. The van der Waals surface area contributed by atoms with Crippen LogP contribution in [0.5, 0.6) is 5.88 Å². The molecule has 1 unspecified atom stereocenters. The Morgan fingerprint density at radius 3 is 2.79 bits per heavy atom. The number of hydrogen-bond acceptors (Lipinski definition) is 5. The highest BCUT2D eigenvalue weighted by atomic mass is 127. The van der Waals surface area contributed by atoms with Crippen LogP contribution in [0.25, 0.3) is 0 Å². The van der Waals surface area contributed by atoms with Crippen molar-refractivity contribution in [3.63, 3.8) is 0 Å². The number of aliphatic imine (C=N–C) groups is 1. The molecule has 1 aliphatic carbocycles. The minimum atomic E-state index is -0.00821. The van der Waals surface area contributed by atoms with Crippen molar-refractivity contribution in [2.24, 2.45) is 10.4 Å². The standard InChI is InChI=1S/C21H34N4O3.HI/c1-2-22-20(25-15-21(9-11-26)10-12-27-16-21)24-14-17-7-8-19(23-13-17)28-18-5-3-4-6-18;/h7-8,13,18,26H,2-6,9-12,14-16H2,1H3,(H2,22,24,25);1H. The topological polar surface area (TPSA) is 88.0 Å². The van der Waals surface area contributed by atoms with Crippen LogP contribution in [0.1, 0.15) is 51.0 Å². The highest BCUT2D eigenvalue weighted by Gasteiger charge is 2.34. The fraction of sp³-hybridized carbons (Fsp3) is 0.714. The van der Waals surface area contributed by atoms with Crippen LogP contribution >= 0.6 is 24.0 Å². The molecule has 0 aromatic carbocycles. The molecular formula is C21H35IN4O3. The highest BCUT2D eigenvalue weighted by molar-refractivity contribution is 14.0. The van der Waals surface area contributed by atoms with Crippen LogP contribution in [0.4, 0.5) is 0 Å². The Hall–Kier alpha value is -1.13. The summed E-state index contributed by atoms with van der Waals surface area (Å²) in [5.74, 6) is 1.48. The van der Waals surface area contributed by atoms with E-state index in [9.17, 15) is 5.11 Å². The number of hydrogen-bond donors (Lipinski definition) is 3. The predicted octanol–water partition coefficient (Wildman–Crippen LogP) is 2.87. The minimum Gasteiger partial charge on any atom is -0.474 e. The first-order valence-electron chi connectivity index (χ1n) is 10.6. The van der Waals surface area contributed by atoms with Gasteiger partial charge in [0.05, 0.1) is 13.2 Å². The van der Waals surface area contributed by atoms with Crippen LogP contribution in [0.15, 0.2) is 23.3 Å². The molecular weight excluding hydrogens is 483 g/mol.